The Kier molecular flexibility index (Phi) is 7.26. The van der Waals surface area contributed by atoms with Gasteiger partial charge in [-0.2, -0.15) is 5.26 Å². The van der Waals surface area contributed by atoms with Crippen LogP contribution >= 0.6 is 0 Å². The molecule has 0 aliphatic carbocycles. The van der Waals surface area contributed by atoms with Gasteiger partial charge in [-0.15, -0.1) is 0 Å². The van der Waals surface area contributed by atoms with Gasteiger partial charge in [-0.1, -0.05) is 6.92 Å². The lowest BCUT2D eigenvalue weighted by molar-refractivity contribution is 0.196. The fourth-order valence-electron chi connectivity index (χ4n) is 2.58. The fraction of sp³-hybridized carbons (Fsp3) is 0.929. The largest absolute Gasteiger partial charge is 0.305 e. The second-order valence-electron chi connectivity index (χ2n) is 5.43. The molecule has 0 aromatic rings. The molecule has 0 aromatic carbocycles. The van der Waals surface area contributed by atoms with Gasteiger partial charge in [0.2, 0.25) is 0 Å². The first kappa shape index (κ1) is 15.4. The fourth-order valence-corrected chi connectivity index (χ4v) is 2.58. The van der Waals surface area contributed by atoms with Gasteiger partial charge in [0.25, 0.3) is 0 Å². The van der Waals surface area contributed by atoms with Gasteiger partial charge in [0.05, 0.1) is 12.1 Å². The molecule has 104 valence electrons. The molecule has 4 heteroatoms. The normalized spacial score (nSPS) is 24.4. The molecule has 0 saturated carbocycles. The third-order valence-corrected chi connectivity index (χ3v) is 3.69. The van der Waals surface area contributed by atoms with E-state index in [0.29, 0.717) is 6.04 Å². The first-order valence-electron chi connectivity index (χ1n) is 7.23. The van der Waals surface area contributed by atoms with Crippen LogP contribution in [-0.2, 0) is 0 Å². The lowest BCUT2D eigenvalue weighted by Crippen LogP contribution is -2.40. The van der Waals surface area contributed by atoms with E-state index in [2.05, 4.69) is 42.1 Å². The second-order valence-corrected chi connectivity index (χ2v) is 5.43. The molecule has 1 aliphatic heterocycles. The van der Waals surface area contributed by atoms with Crippen molar-refractivity contribution in [3.63, 3.8) is 0 Å². The van der Waals surface area contributed by atoms with Gasteiger partial charge in [-0.25, -0.2) is 0 Å². The Bertz CT molecular complexity index is 261. The topological polar surface area (TPSA) is 42.3 Å². The van der Waals surface area contributed by atoms with Crippen LogP contribution in [0.25, 0.3) is 0 Å². The summed E-state index contributed by atoms with van der Waals surface area (Å²) in [5.74, 6) is 0. The van der Waals surface area contributed by atoms with Gasteiger partial charge in [0.15, 0.2) is 0 Å². The molecule has 0 aromatic heterocycles. The Hall–Kier alpha value is -0.630. The summed E-state index contributed by atoms with van der Waals surface area (Å²) in [5.41, 5.74) is 0. The second kappa shape index (κ2) is 8.47. The smallest absolute Gasteiger partial charge is 0.0965 e. The summed E-state index contributed by atoms with van der Waals surface area (Å²) in [6.45, 7) is 9.89. The Morgan fingerprint density at radius 2 is 2.22 bits per heavy atom. The molecule has 1 N–H and O–H groups in total. The van der Waals surface area contributed by atoms with Gasteiger partial charge in [0.1, 0.15) is 0 Å². The van der Waals surface area contributed by atoms with Gasteiger partial charge >= 0.3 is 0 Å². The summed E-state index contributed by atoms with van der Waals surface area (Å²) in [6, 6.07) is 2.98. The van der Waals surface area contributed by atoms with Crippen molar-refractivity contribution >= 4 is 0 Å². The predicted molar refractivity (Wildman–Crippen MR) is 75.5 cm³/mol. The van der Waals surface area contributed by atoms with Gasteiger partial charge in [-0.05, 0) is 52.9 Å². The van der Waals surface area contributed by atoms with E-state index in [-0.39, 0.29) is 6.04 Å². The van der Waals surface area contributed by atoms with Crippen molar-refractivity contribution in [1.82, 2.24) is 15.1 Å². The molecule has 4 nitrogen and oxygen atoms in total. The van der Waals surface area contributed by atoms with Crippen molar-refractivity contribution in [3.8, 4) is 6.07 Å². The molecular formula is C14H28N4. The molecule has 0 spiro atoms. The van der Waals surface area contributed by atoms with Gasteiger partial charge in [-0.3, -0.25) is 4.90 Å². The van der Waals surface area contributed by atoms with E-state index in [9.17, 15) is 0 Å². The molecule has 2 atom stereocenters. The van der Waals surface area contributed by atoms with Crippen LogP contribution in [0.4, 0.5) is 0 Å². The third-order valence-electron chi connectivity index (χ3n) is 3.69. The summed E-state index contributed by atoms with van der Waals surface area (Å²) < 4.78 is 0. The number of hydrogen-bond donors (Lipinski definition) is 1. The molecule has 0 bridgehead atoms. The number of likely N-dealkylation sites (N-methyl/N-ethyl adjacent to an activating group) is 1. The van der Waals surface area contributed by atoms with E-state index in [0.717, 1.165) is 39.0 Å². The Balaban J connectivity index is 2.34. The maximum absolute atomic E-state index is 9.11. The molecule has 0 amide bonds. The Morgan fingerprint density at radius 3 is 2.89 bits per heavy atom. The van der Waals surface area contributed by atoms with Crippen molar-refractivity contribution in [2.24, 2.45) is 0 Å². The van der Waals surface area contributed by atoms with E-state index in [4.69, 9.17) is 5.26 Å². The molecule has 1 heterocycles. The molecule has 1 aliphatic rings. The quantitative estimate of drug-likeness (QED) is 0.773. The van der Waals surface area contributed by atoms with Gasteiger partial charge in [0, 0.05) is 19.1 Å². The molecular weight excluding hydrogens is 224 g/mol. The molecule has 18 heavy (non-hydrogen) atoms. The summed E-state index contributed by atoms with van der Waals surface area (Å²) in [5, 5.41) is 12.4. The van der Waals surface area contributed by atoms with Gasteiger partial charge < -0.3 is 10.2 Å². The first-order valence-corrected chi connectivity index (χ1v) is 7.23. The van der Waals surface area contributed by atoms with E-state index in [1.54, 1.807) is 0 Å². The lowest BCUT2D eigenvalue weighted by Gasteiger charge is -2.28. The highest BCUT2D eigenvalue weighted by atomic mass is 15.2. The average Bonchev–Trinajstić information content (AvgIpc) is 2.51. The minimum Gasteiger partial charge on any atom is -0.305 e. The van der Waals surface area contributed by atoms with Crippen LogP contribution in [-0.4, -0.2) is 61.7 Å². The highest BCUT2D eigenvalue weighted by Gasteiger charge is 2.20. The van der Waals surface area contributed by atoms with Crippen molar-refractivity contribution in [2.75, 3.05) is 39.8 Å². The zero-order valence-corrected chi connectivity index (χ0v) is 12.2. The highest BCUT2D eigenvalue weighted by molar-refractivity contribution is 4.90. The van der Waals surface area contributed by atoms with Crippen LogP contribution in [0.3, 0.4) is 0 Å². The van der Waals surface area contributed by atoms with Crippen LogP contribution < -0.4 is 5.32 Å². The maximum Gasteiger partial charge on any atom is 0.0965 e. The van der Waals surface area contributed by atoms with Crippen LogP contribution in [0, 0.1) is 11.3 Å². The van der Waals surface area contributed by atoms with E-state index < -0.39 is 0 Å². The van der Waals surface area contributed by atoms with Crippen molar-refractivity contribution in [1.29, 1.82) is 5.26 Å². The SMILES string of the molecule is CCCNC(C#N)CCN1CCCN(C)CC1C. The van der Waals surface area contributed by atoms with Crippen LogP contribution in [0.5, 0.6) is 0 Å². The number of hydrogen-bond acceptors (Lipinski definition) is 4. The van der Waals surface area contributed by atoms with E-state index in [1.807, 2.05) is 0 Å². The van der Waals surface area contributed by atoms with E-state index in [1.165, 1.54) is 13.0 Å². The highest BCUT2D eigenvalue weighted by Crippen LogP contribution is 2.09. The minimum absolute atomic E-state index is 0.0122. The average molecular weight is 252 g/mol. The lowest BCUT2D eigenvalue weighted by atomic mass is 10.2. The Labute approximate surface area is 112 Å². The van der Waals surface area contributed by atoms with Crippen LogP contribution in [0.15, 0.2) is 0 Å². The summed E-state index contributed by atoms with van der Waals surface area (Å²) in [7, 11) is 2.20. The minimum atomic E-state index is 0.0122. The van der Waals surface area contributed by atoms with Crippen molar-refractivity contribution in [2.45, 2.75) is 45.2 Å². The Morgan fingerprint density at radius 1 is 1.44 bits per heavy atom. The molecule has 1 rings (SSSR count). The summed E-state index contributed by atoms with van der Waals surface area (Å²) in [4.78, 5) is 4.93. The van der Waals surface area contributed by atoms with Crippen LogP contribution in [0.2, 0.25) is 0 Å². The molecule has 0 radical (unpaired) electrons. The molecule has 1 fully saturated rings. The number of rotatable bonds is 6. The van der Waals surface area contributed by atoms with Crippen molar-refractivity contribution in [3.05, 3.63) is 0 Å². The predicted octanol–water partition coefficient (Wildman–Crippen LogP) is 1.29. The third kappa shape index (κ3) is 5.34. The maximum atomic E-state index is 9.11. The molecule has 1 saturated heterocycles. The summed E-state index contributed by atoms with van der Waals surface area (Å²) >= 11 is 0. The zero-order valence-electron chi connectivity index (χ0n) is 12.2. The van der Waals surface area contributed by atoms with Crippen LogP contribution in [0.1, 0.15) is 33.1 Å². The summed E-state index contributed by atoms with van der Waals surface area (Å²) in [6.07, 6.45) is 3.26. The standard InChI is InChI=1S/C14H28N4/c1-4-7-16-14(11-15)6-10-18-9-5-8-17(3)12-13(18)2/h13-14,16H,4-10,12H2,1-3H3. The number of nitriles is 1. The zero-order chi connectivity index (χ0) is 13.4. The number of nitrogens with one attached hydrogen (secondary N) is 1. The van der Waals surface area contributed by atoms with E-state index >= 15 is 0 Å². The first-order chi connectivity index (χ1) is 8.67. The monoisotopic (exact) mass is 252 g/mol. The van der Waals surface area contributed by atoms with Crippen molar-refractivity contribution < 1.29 is 0 Å². The molecule has 2 unspecified atom stereocenters. The number of nitrogens with zero attached hydrogens (tertiary/aromatic N) is 3.